The molecule has 0 aliphatic rings. The summed E-state index contributed by atoms with van der Waals surface area (Å²) >= 11 is 0. The van der Waals surface area contributed by atoms with Gasteiger partial charge in [-0.25, -0.2) is 0 Å². The number of pyridine rings is 1. The molecular formula is C13H21N3O. The van der Waals surface area contributed by atoms with Gasteiger partial charge in [0.15, 0.2) is 0 Å². The van der Waals surface area contributed by atoms with Crippen molar-refractivity contribution in [2.24, 2.45) is 11.7 Å². The Hall–Kier alpha value is -1.42. The summed E-state index contributed by atoms with van der Waals surface area (Å²) in [5, 5.41) is 0. The first-order valence-electron chi connectivity index (χ1n) is 5.99. The van der Waals surface area contributed by atoms with Crippen molar-refractivity contribution in [1.29, 1.82) is 0 Å². The molecule has 2 N–H and O–H groups in total. The number of aromatic nitrogens is 1. The monoisotopic (exact) mass is 235 g/mol. The minimum absolute atomic E-state index is 0.110. The number of nitrogens with zero attached hydrogens (tertiary/aromatic N) is 2. The van der Waals surface area contributed by atoms with Gasteiger partial charge in [0.2, 0.25) is 5.91 Å². The number of carbonyl (C=O) groups is 1. The van der Waals surface area contributed by atoms with Crippen molar-refractivity contribution in [3.63, 3.8) is 0 Å². The van der Waals surface area contributed by atoms with Crippen LogP contribution in [0, 0.1) is 5.92 Å². The number of hydrogen-bond acceptors (Lipinski definition) is 3. The first-order chi connectivity index (χ1) is 8.06. The van der Waals surface area contributed by atoms with Crippen LogP contribution in [0.3, 0.4) is 0 Å². The first kappa shape index (κ1) is 13.6. The Kier molecular flexibility index (Phi) is 5.10. The van der Waals surface area contributed by atoms with E-state index in [1.807, 2.05) is 37.8 Å². The lowest BCUT2D eigenvalue weighted by Crippen LogP contribution is -2.41. The number of nitrogens with two attached hydrogens (primary N) is 1. The smallest absolute Gasteiger partial charge is 0.227 e. The highest BCUT2D eigenvalue weighted by Gasteiger charge is 2.22. The van der Waals surface area contributed by atoms with Gasteiger partial charge in [-0.2, -0.15) is 0 Å². The number of amides is 1. The Labute approximate surface area is 103 Å². The van der Waals surface area contributed by atoms with Crippen LogP contribution in [-0.4, -0.2) is 28.4 Å². The number of hydrogen-bond donors (Lipinski definition) is 1. The van der Waals surface area contributed by atoms with Crippen LogP contribution in [-0.2, 0) is 11.3 Å². The molecule has 17 heavy (non-hydrogen) atoms. The maximum absolute atomic E-state index is 12.2. The van der Waals surface area contributed by atoms with E-state index in [2.05, 4.69) is 4.98 Å². The Morgan fingerprint density at radius 1 is 1.41 bits per heavy atom. The van der Waals surface area contributed by atoms with Crippen LogP contribution in [0.2, 0.25) is 0 Å². The lowest BCUT2D eigenvalue weighted by atomic mass is 10.0. The van der Waals surface area contributed by atoms with E-state index in [0.717, 1.165) is 5.56 Å². The van der Waals surface area contributed by atoms with E-state index in [1.165, 1.54) is 0 Å². The van der Waals surface area contributed by atoms with Crippen LogP contribution in [0.5, 0.6) is 0 Å². The van der Waals surface area contributed by atoms with Gasteiger partial charge in [-0.15, -0.1) is 0 Å². The molecule has 0 saturated carbocycles. The van der Waals surface area contributed by atoms with Crippen LogP contribution in [0.15, 0.2) is 24.5 Å². The van der Waals surface area contributed by atoms with Gasteiger partial charge in [0.05, 0.1) is 5.92 Å². The van der Waals surface area contributed by atoms with Gasteiger partial charge in [0.25, 0.3) is 0 Å². The van der Waals surface area contributed by atoms with Gasteiger partial charge >= 0.3 is 0 Å². The molecule has 0 aromatic carbocycles. The number of rotatable bonds is 5. The fourth-order valence-electron chi connectivity index (χ4n) is 1.57. The summed E-state index contributed by atoms with van der Waals surface area (Å²) in [6.45, 7) is 7.03. The quantitative estimate of drug-likeness (QED) is 0.839. The molecule has 1 aromatic rings. The predicted molar refractivity (Wildman–Crippen MR) is 68.1 cm³/mol. The Morgan fingerprint density at radius 2 is 2.00 bits per heavy atom. The average molecular weight is 235 g/mol. The Bertz CT molecular complexity index is 351. The molecule has 4 heteroatoms. The maximum Gasteiger partial charge on any atom is 0.227 e. The molecule has 1 heterocycles. The van der Waals surface area contributed by atoms with Gasteiger partial charge in [0.1, 0.15) is 0 Å². The zero-order valence-electron chi connectivity index (χ0n) is 10.8. The van der Waals surface area contributed by atoms with E-state index in [4.69, 9.17) is 5.73 Å². The summed E-state index contributed by atoms with van der Waals surface area (Å²) in [4.78, 5) is 17.9. The predicted octanol–water partition coefficient (Wildman–Crippen LogP) is 1.41. The molecule has 0 radical (unpaired) electrons. The molecule has 0 aliphatic heterocycles. The number of carbonyl (C=O) groups excluding carboxylic acids is 1. The third-order valence-corrected chi connectivity index (χ3v) is 2.99. The summed E-state index contributed by atoms with van der Waals surface area (Å²) < 4.78 is 0. The average Bonchev–Trinajstić information content (AvgIpc) is 2.35. The van der Waals surface area contributed by atoms with E-state index < -0.39 is 0 Å². The van der Waals surface area contributed by atoms with Crippen LogP contribution in [0.1, 0.15) is 26.3 Å². The molecule has 1 aromatic heterocycles. The Balaban J connectivity index is 2.69. The second-order valence-corrected chi connectivity index (χ2v) is 4.36. The Morgan fingerprint density at radius 3 is 2.47 bits per heavy atom. The molecule has 4 nitrogen and oxygen atoms in total. The minimum atomic E-state index is -0.142. The topological polar surface area (TPSA) is 59.2 Å². The lowest BCUT2D eigenvalue weighted by Gasteiger charge is -2.26. The standard InChI is InChI=1S/C13H21N3O/c1-4-16(13(17)10(2)11(3)14)9-12-5-7-15-8-6-12/h5-8,10-11H,4,9,14H2,1-3H3. The first-order valence-corrected chi connectivity index (χ1v) is 5.99. The van der Waals surface area contributed by atoms with Crippen molar-refractivity contribution in [3.8, 4) is 0 Å². The van der Waals surface area contributed by atoms with Gasteiger partial charge in [-0.3, -0.25) is 9.78 Å². The van der Waals surface area contributed by atoms with Crippen molar-refractivity contribution < 1.29 is 4.79 Å². The van der Waals surface area contributed by atoms with Crippen molar-refractivity contribution in [2.75, 3.05) is 6.54 Å². The molecule has 0 saturated heterocycles. The van der Waals surface area contributed by atoms with Gasteiger partial charge < -0.3 is 10.6 Å². The zero-order chi connectivity index (χ0) is 12.8. The molecular weight excluding hydrogens is 214 g/mol. The van der Waals surface area contributed by atoms with E-state index in [-0.39, 0.29) is 17.9 Å². The molecule has 0 aliphatic carbocycles. The summed E-state index contributed by atoms with van der Waals surface area (Å²) in [6, 6.07) is 3.73. The van der Waals surface area contributed by atoms with Crippen LogP contribution in [0.4, 0.5) is 0 Å². The summed E-state index contributed by atoms with van der Waals surface area (Å²) in [5.41, 5.74) is 6.86. The largest absolute Gasteiger partial charge is 0.338 e. The third-order valence-electron chi connectivity index (χ3n) is 2.99. The van der Waals surface area contributed by atoms with Gasteiger partial charge in [0, 0.05) is 31.5 Å². The van der Waals surface area contributed by atoms with E-state index in [0.29, 0.717) is 13.1 Å². The molecule has 0 spiro atoms. The zero-order valence-corrected chi connectivity index (χ0v) is 10.8. The van der Waals surface area contributed by atoms with E-state index in [1.54, 1.807) is 12.4 Å². The second kappa shape index (κ2) is 6.35. The molecule has 1 amide bonds. The van der Waals surface area contributed by atoms with Gasteiger partial charge in [-0.1, -0.05) is 6.92 Å². The molecule has 94 valence electrons. The molecule has 0 bridgehead atoms. The fourth-order valence-corrected chi connectivity index (χ4v) is 1.57. The highest BCUT2D eigenvalue weighted by molar-refractivity contribution is 5.79. The van der Waals surface area contributed by atoms with Crippen molar-refractivity contribution in [3.05, 3.63) is 30.1 Å². The van der Waals surface area contributed by atoms with E-state index >= 15 is 0 Å². The highest BCUT2D eigenvalue weighted by atomic mass is 16.2. The normalized spacial score (nSPS) is 14.1. The molecule has 2 unspecified atom stereocenters. The summed E-state index contributed by atoms with van der Waals surface area (Å²) in [7, 11) is 0. The highest BCUT2D eigenvalue weighted by Crippen LogP contribution is 2.10. The third kappa shape index (κ3) is 3.82. The van der Waals surface area contributed by atoms with Crippen molar-refractivity contribution in [1.82, 2.24) is 9.88 Å². The molecule has 1 rings (SSSR count). The van der Waals surface area contributed by atoms with Crippen molar-refractivity contribution in [2.45, 2.75) is 33.4 Å². The summed E-state index contributed by atoms with van der Waals surface area (Å²) in [5.74, 6) is -0.0314. The summed E-state index contributed by atoms with van der Waals surface area (Å²) in [6.07, 6.45) is 3.48. The lowest BCUT2D eigenvalue weighted by molar-refractivity contribution is -0.135. The van der Waals surface area contributed by atoms with Crippen LogP contribution in [0.25, 0.3) is 0 Å². The van der Waals surface area contributed by atoms with Gasteiger partial charge in [-0.05, 0) is 31.5 Å². The van der Waals surface area contributed by atoms with E-state index in [9.17, 15) is 4.79 Å². The minimum Gasteiger partial charge on any atom is -0.338 e. The molecule has 2 atom stereocenters. The fraction of sp³-hybridized carbons (Fsp3) is 0.538. The SMILES string of the molecule is CCN(Cc1ccncc1)C(=O)C(C)C(C)N. The molecule has 0 fully saturated rings. The van der Waals surface area contributed by atoms with Crippen molar-refractivity contribution >= 4 is 5.91 Å². The second-order valence-electron chi connectivity index (χ2n) is 4.36. The maximum atomic E-state index is 12.2. The van der Waals surface area contributed by atoms with Crippen LogP contribution < -0.4 is 5.73 Å². The van der Waals surface area contributed by atoms with Crippen LogP contribution >= 0.6 is 0 Å².